The fourth-order valence-corrected chi connectivity index (χ4v) is 0.514. The van der Waals surface area contributed by atoms with Crippen molar-refractivity contribution in [3.05, 3.63) is 11.1 Å². The maximum atomic E-state index is 5.39. The lowest BCUT2D eigenvalue weighted by atomic mass is 10.2. The second-order valence-electron chi connectivity index (χ2n) is 2.20. The van der Waals surface area contributed by atoms with Crippen LogP contribution in [0.3, 0.4) is 0 Å². The maximum absolute atomic E-state index is 5.39. The average Bonchev–Trinajstić information content (AvgIpc) is 1.87. The van der Waals surface area contributed by atoms with Gasteiger partial charge in [-0.2, -0.15) is 0 Å². The molecule has 0 aliphatic carbocycles. The smallest absolute Gasteiger partial charge is 0.0673 e. The molecule has 0 amide bonds. The molecule has 0 fully saturated rings. The van der Waals surface area contributed by atoms with Crippen molar-refractivity contribution in [2.75, 3.05) is 20.3 Å². The van der Waals surface area contributed by atoms with E-state index in [0.717, 1.165) is 0 Å². The summed E-state index contributed by atoms with van der Waals surface area (Å²) < 4.78 is 4.91. The zero-order valence-electron chi connectivity index (χ0n) is 6.40. The van der Waals surface area contributed by atoms with Crippen molar-refractivity contribution in [3.8, 4) is 0 Å². The van der Waals surface area contributed by atoms with Crippen LogP contribution in [0.15, 0.2) is 11.1 Å². The number of hydrogen-bond donors (Lipinski definition) is 1. The highest BCUT2D eigenvalue weighted by Crippen LogP contribution is 2.00. The van der Waals surface area contributed by atoms with Gasteiger partial charge in [0, 0.05) is 13.7 Å². The van der Waals surface area contributed by atoms with Gasteiger partial charge in [-0.15, -0.1) is 0 Å². The highest BCUT2D eigenvalue weighted by Gasteiger charge is 1.91. The van der Waals surface area contributed by atoms with Crippen LogP contribution < -0.4 is 5.73 Å². The molecule has 0 spiro atoms. The minimum atomic E-state index is 0.634. The van der Waals surface area contributed by atoms with Gasteiger partial charge in [-0.05, 0) is 19.4 Å². The Morgan fingerprint density at radius 1 is 1.33 bits per heavy atom. The summed E-state index contributed by atoms with van der Waals surface area (Å²) in [6.45, 7) is 5.39. The molecule has 54 valence electrons. The molecule has 0 aliphatic heterocycles. The Balaban J connectivity index is 3.78. The van der Waals surface area contributed by atoms with Crippen LogP contribution in [-0.2, 0) is 4.74 Å². The third-order valence-corrected chi connectivity index (χ3v) is 1.40. The van der Waals surface area contributed by atoms with Crippen LogP contribution in [0.5, 0.6) is 0 Å². The average molecular weight is 129 g/mol. The summed E-state index contributed by atoms with van der Waals surface area (Å²) in [5.74, 6) is 0. The Kier molecular flexibility index (Phi) is 4.36. The first-order chi connectivity index (χ1) is 4.22. The lowest BCUT2D eigenvalue weighted by Gasteiger charge is -2.02. The molecule has 0 saturated carbocycles. The first kappa shape index (κ1) is 8.66. The van der Waals surface area contributed by atoms with Crippen LogP contribution in [0.1, 0.15) is 13.8 Å². The van der Waals surface area contributed by atoms with Gasteiger partial charge in [0.2, 0.25) is 0 Å². The predicted octanol–water partition coefficient (Wildman–Crippen LogP) is 0.928. The number of rotatable bonds is 3. The number of hydrogen-bond acceptors (Lipinski definition) is 2. The summed E-state index contributed by atoms with van der Waals surface area (Å²) in [7, 11) is 1.69. The van der Waals surface area contributed by atoms with Crippen LogP contribution in [0.25, 0.3) is 0 Å². The van der Waals surface area contributed by atoms with Crippen molar-refractivity contribution in [1.29, 1.82) is 0 Å². The summed E-state index contributed by atoms with van der Waals surface area (Å²) >= 11 is 0. The van der Waals surface area contributed by atoms with Crippen molar-refractivity contribution in [2.24, 2.45) is 5.73 Å². The molecule has 0 aromatic heterocycles. The SMILES string of the molecule is COCC(C)=C(C)CN. The lowest BCUT2D eigenvalue weighted by Crippen LogP contribution is -2.04. The van der Waals surface area contributed by atoms with E-state index in [1.54, 1.807) is 7.11 Å². The largest absolute Gasteiger partial charge is 0.380 e. The Bertz CT molecular complexity index is 107. The third kappa shape index (κ3) is 3.27. The van der Waals surface area contributed by atoms with E-state index in [0.29, 0.717) is 13.2 Å². The third-order valence-electron chi connectivity index (χ3n) is 1.40. The summed E-state index contributed by atoms with van der Waals surface area (Å²) in [4.78, 5) is 0. The fourth-order valence-electron chi connectivity index (χ4n) is 0.514. The predicted molar refractivity (Wildman–Crippen MR) is 39.3 cm³/mol. The molecule has 0 heterocycles. The fraction of sp³-hybridized carbons (Fsp3) is 0.714. The molecule has 2 nitrogen and oxygen atoms in total. The molecule has 2 heteroatoms. The van der Waals surface area contributed by atoms with Crippen molar-refractivity contribution < 1.29 is 4.74 Å². The van der Waals surface area contributed by atoms with Gasteiger partial charge in [0.05, 0.1) is 6.61 Å². The minimum absolute atomic E-state index is 0.634. The topological polar surface area (TPSA) is 35.2 Å². The van der Waals surface area contributed by atoms with Gasteiger partial charge in [-0.3, -0.25) is 0 Å². The van der Waals surface area contributed by atoms with Gasteiger partial charge < -0.3 is 10.5 Å². The van der Waals surface area contributed by atoms with E-state index in [4.69, 9.17) is 10.5 Å². The Morgan fingerprint density at radius 2 is 1.89 bits per heavy atom. The number of nitrogens with two attached hydrogens (primary N) is 1. The standard InChI is InChI=1S/C7H15NO/c1-6(4-8)7(2)5-9-3/h4-5,8H2,1-3H3. The van der Waals surface area contributed by atoms with Crippen LogP contribution in [0.2, 0.25) is 0 Å². The van der Waals surface area contributed by atoms with E-state index in [2.05, 4.69) is 0 Å². The Hall–Kier alpha value is -0.340. The Labute approximate surface area is 56.7 Å². The molecule has 0 aromatic carbocycles. The normalized spacial score (nSPS) is 13.3. The second kappa shape index (κ2) is 4.53. The zero-order valence-corrected chi connectivity index (χ0v) is 6.40. The summed E-state index contributed by atoms with van der Waals surface area (Å²) in [5, 5.41) is 0. The lowest BCUT2D eigenvalue weighted by molar-refractivity contribution is 0.225. The van der Waals surface area contributed by atoms with Crippen molar-refractivity contribution >= 4 is 0 Å². The maximum Gasteiger partial charge on any atom is 0.0673 e. The minimum Gasteiger partial charge on any atom is -0.380 e. The summed E-state index contributed by atoms with van der Waals surface area (Å²) in [5.41, 5.74) is 7.85. The van der Waals surface area contributed by atoms with Gasteiger partial charge in [-0.1, -0.05) is 5.57 Å². The zero-order chi connectivity index (χ0) is 7.28. The molecule has 0 bridgehead atoms. The molecule has 2 N–H and O–H groups in total. The van der Waals surface area contributed by atoms with Gasteiger partial charge in [0.1, 0.15) is 0 Å². The van der Waals surface area contributed by atoms with E-state index in [1.807, 2.05) is 13.8 Å². The van der Waals surface area contributed by atoms with E-state index in [9.17, 15) is 0 Å². The molecule has 0 atom stereocenters. The molecular formula is C7H15NO. The van der Waals surface area contributed by atoms with Crippen LogP contribution in [0.4, 0.5) is 0 Å². The van der Waals surface area contributed by atoms with Crippen LogP contribution in [0, 0.1) is 0 Å². The van der Waals surface area contributed by atoms with Gasteiger partial charge in [-0.25, -0.2) is 0 Å². The van der Waals surface area contributed by atoms with Crippen molar-refractivity contribution in [3.63, 3.8) is 0 Å². The summed E-state index contributed by atoms with van der Waals surface area (Å²) in [6, 6.07) is 0. The van der Waals surface area contributed by atoms with E-state index in [1.165, 1.54) is 11.1 Å². The van der Waals surface area contributed by atoms with Crippen LogP contribution in [-0.4, -0.2) is 20.3 Å². The van der Waals surface area contributed by atoms with E-state index in [-0.39, 0.29) is 0 Å². The molecule has 0 radical (unpaired) electrons. The highest BCUT2D eigenvalue weighted by molar-refractivity contribution is 5.10. The number of methoxy groups -OCH3 is 1. The molecule has 0 unspecified atom stereocenters. The van der Waals surface area contributed by atoms with Crippen molar-refractivity contribution in [1.82, 2.24) is 0 Å². The molecule has 0 rings (SSSR count). The Morgan fingerprint density at radius 3 is 2.22 bits per heavy atom. The van der Waals surface area contributed by atoms with Crippen molar-refractivity contribution in [2.45, 2.75) is 13.8 Å². The quantitative estimate of drug-likeness (QED) is 0.575. The van der Waals surface area contributed by atoms with Gasteiger partial charge >= 0.3 is 0 Å². The summed E-state index contributed by atoms with van der Waals surface area (Å²) in [6.07, 6.45) is 0. The van der Waals surface area contributed by atoms with Crippen LogP contribution >= 0.6 is 0 Å². The monoisotopic (exact) mass is 129 g/mol. The van der Waals surface area contributed by atoms with E-state index >= 15 is 0 Å². The molecular weight excluding hydrogens is 114 g/mol. The van der Waals surface area contributed by atoms with Gasteiger partial charge in [0.15, 0.2) is 0 Å². The second-order valence-corrected chi connectivity index (χ2v) is 2.20. The van der Waals surface area contributed by atoms with Gasteiger partial charge in [0.25, 0.3) is 0 Å². The molecule has 0 saturated heterocycles. The highest BCUT2D eigenvalue weighted by atomic mass is 16.5. The number of ether oxygens (including phenoxy) is 1. The first-order valence-electron chi connectivity index (χ1n) is 3.06. The molecule has 9 heavy (non-hydrogen) atoms. The molecule has 0 aliphatic rings. The first-order valence-corrected chi connectivity index (χ1v) is 3.06. The molecule has 0 aromatic rings. The van der Waals surface area contributed by atoms with E-state index < -0.39 is 0 Å².